The Morgan fingerprint density at radius 2 is 2.17 bits per heavy atom. The van der Waals surface area contributed by atoms with Gasteiger partial charge in [0.2, 0.25) is 0 Å². The monoisotopic (exact) mass is 263 g/mol. The Morgan fingerprint density at radius 3 is 2.83 bits per heavy atom. The van der Waals surface area contributed by atoms with Crippen molar-refractivity contribution in [1.29, 1.82) is 0 Å². The molecule has 6 heteroatoms. The largest absolute Gasteiger partial charge is 0.411 e. The Labute approximate surface area is 103 Å². The third-order valence-electron chi connectivity index (χ3n) is 3.04. The Kier molecular flexibility index (Phi) is 3.97. The number of aliphatic hydroxyl groups is 1. The molecule has 0 aromatic carbocycles. The molecule has 0 radical (unpaired) electrons. The van der Waals surface area contributed by atoms with E-state index >= 15 is 0 Å². The predicted octanol–water partition coefficient (Wildman–Crippen LogP) is 2.44. The standard InChI is InChI=1S/C12H16F3NO2/c13-12(14,15)8-18-5-4-16-6-9-2-1-3-11(17)10(9)7-16/h6-7,11,17H,1-5,8H2. The molecule has 0 fully saturated rings. The van der Waals surface area contributed by atoms with E-state index in [1.54, 1.807) is 10.8 Å². The molecule has 0 bridgehead atoms. The van der Waals surface area contributed by atoms with Gasteiger partial charge >= 0.3 is 6.18 Å². The quantitative estimate of drug-likeness (QED) is 0.847. The molecule has 18 heavy (non-hydrogen) atoms. The molecule has 102 valence electrons. The van der Waals surface area contributed by atoms with Gasteiger partial charge in [-0.05, 0) is 24.8 Å². The Bertz CT molecular complexity index is 401. The lowest BCUT2D eigenvalue weighted by Gasteiger charge is -2.16. The highest BCUT2D eigenvalue weighted by Gasteiger charge is 2.27. The summed E-state index contributed by atoms with van der Waals surface area (Å²) in [5.74, 6) is 0. The third kappa shape index (κ3) is 3.49. The first-order valence-corrected chi connectivity index (χ1v) is 5.97. The fourth-order valence-corrected chi connectivity index (χ4v) is 2.21. The van der Waals surface area contributed by atoms with Gasteiger partial charge in [0.25, 0.3) is 0 Å². The van der Waals surface area contributed by atoms with Crippen LogP contribution in [-0.2, 0) is 17.7 Å². The SMILES string of the molecule is OC1CCCc2cn(CCOCC(F)(F)F)cc21. The van der Waals surface area contributed by atoms with Crippen LogP contribution in [0.25, 0.3) is 0 Å². The number of aromatic nitrogens is 1. The maximum absolute atomic E-state index is 11.9. The second-order valence-corrected chi connectivity index (χ2v) is 4.55. The van der Waals surface area contributed by atoms with E-state index < -0.39 is 18.9 Å². The number of hydrogen-bond acceptors (Lipinski definition) is 2. The van der Waals surface area contributed by atoms with Gasteiger partial charge < -0.3 is 14.4 Å². The summed E-state index contributed by atoms with van der Waals surface area (Å²) >= 11 is 0. The second-order valence-electron chi connectivity index (χ2n) is 4.55. The van der Waals surface area contributed by atoms with Gasteiger partial charge in [-0.15, -0.1) is 0 Å². The third-order valence-corrected chi connectivity index (χ3v) is 3.04. The van der Waals surface area contributed by atoms with Crippen molar-refractivity contribution in [3.05, 3.63) is 23.5 Å². The molecule has 1 unspecified atom stereocenters. The van der Waals surface area contributed by atoms with Gasteiger partial charge in [0.1, 0.15) is 6.61 Å². The van der Waals surface area contributed by atoms with E-state index in [2.05, 4.69) is 4.74 Å². The van der Waals surface area contributed by atoms with Crippen LogP contribution in [0.2, 0.25) is 0 Å². The molecule has 1 N–H and O–H groups in total. The average Bonchev–Trinajstić information content (AvgIpc) is 2.68. The Morgan fingerprint density at radius 1 is 1.39 bits per heavy atom. The molecule has 2 rings (SSSR count). The lowest BCUT2D eigenvalue weighted by molar-refractivity contribution is -0.174. The van der Waals surface area contributed by atoms with Gasteiger partial charge in [-0.3, -0.25) is 0 Å². The van der Waals surface area contributed by atoms with Crippen LogP contribution in [0.1, 0.15) is 30.1 Å². The minimum atomic E-state index is -4.27. The van der Waals surface area contributed by atoms with E-state index in [-0.39, 0.29) is 6.61 Å². The van der Waals surface area contributed by atoms with Crippen LogP contribution in [-0.4, -0.2) is 29.1 Å². The zero-order valence-electron chi connectivity index (χ0n) is 9.91. The molecule has 1 atom stereocenters. The molecule has 3 nitrogen and oxygen atoms in total. The highest BCUT2D eigenvalue weighted by Crippen LogP contribution is 2.30. The minimum absolute atomic E-state index is 0.0170. The molecule has 1 heterocycles. The first-order chi connectivity index (χ1) is 8.46. The molecule has 1 aromatic rings. The zero-order chi connectivity index (χ0) is 13.2. The minimum Gasteiger partial charge on any atom is -0.388 e. The van der Waals surface area contributed by atoms with Crippen molar-refractivity contribution in [2.24, 2.45) is 0 Å². The number of ether oxygens (including phenoxy) is 1. The number of hydrogen-bond donors (Lipinski definition) is 1. The van der Waals surface area contributed by atoms with Gasteiger partial charge in [-0.25, -0.2) is 0 Å². The van der Waals surface area contributed by atoms with Crippen molar-refractivity contribution in [2.75, 3.05) is 13.2 Å². The molecule has 0 saturated carbocycles. The second kappa shape index (κ2) is 5.32. The summed E-state index contributed by atoms with van der Waals surface area (Å²) in [6.07, 6.45) is 1.59. The predicted molar refractivity (Wildman–Crippen MR) is 59.2 cm³/mol. The lowest BCUT2D eigenvalue weighted by Crippen LogP contribution is -2.18. The molecular formula is C12H16F3NO2. The number of aryl methyl sites for hydroxylation is 1. The number of nitrogens with zero attached hydrogens (tertiary/aromatic N) is 1. The summed E-state index contributed by atoms with van der Waals surface area (Å²) in [6, 6.07) is 0. The lowest BCUT2D eigenvalue weighted by atomic mass is 9.93. The topological polar surface area (TPSA) is 34.4 Å². The molecule has 0 saturated heterocycles. The van der Waals surface area contributed by atoms with Crippen LogP contribution in [0, 0.1) is 0 Å². The molecule has 0 amide bonds. The Hall–Kier alpha value is -1.01. The molecule has 1 aliphatic carbocycles. The number of alkyl halides is 3. The average molecular weight is 263 g/mol. The number of halogens is 3. The first kappa shape index (κ1) is 13.4. The maximum atomic E-state index is 11.9. The number of aliphatic hydroxyl groups excluding tert-OH is 1. The molecule has 0 aliphatic heterocycles. The molecule has 0 spiro atoms. The van der Waals surface area contributed by atoms with Crippen LogP contribution in [0.3, 0.4) is 0 Å². The summed E-state index contributed by atoms with van der Waals surface area (Å²) in [4.78, 5) is 0. The van der Waals surface area contributed by atoms with Crippen LogP contribution in [0.5, 0.6) is 0 Å². The number of rotatable bonds is 4. The van der Waals surface area contributed by atoms with E-state index in [4.69, 9.17) is 0 Å². The van der Waals surface area contributed by atoms with Crippen LogP contribution >= 0.6 is 0 Å². The van der Waals surface area contributed by atoms with Crippen molar-refractivity contribution in [2.45, 2.75) is 38.1 Å². The Balaban J connectivity index is 1.84. The summed E-state index contributed by atoms with van der Waals surface area (Å²) < 4.78 is 41.9. The molecule has 1 aromatic heterocycles. The summed E-state index contributed by atoms with van der Waals surface area (Å²) in [5.41, 5.74) is 1.99. The highest BCUT2D eigenvalue weighted by atomic mass is 19.4. The van der Waals surface area contributed by atoms with E-state index in [9.17, 15) is 18.3 Å². The van der Waals surface area contributed by atoms with Gasteiger partial charge in [0, 0.05) is 24.5 Å². The van der Waals surface area contributed by atoms with Crippen LogP contribution in [0.4, 0.5) is 13.2 Å². The fraction of sp³-hybridized carbons (Fsp3) is 0.667. The van der Waals surface area contributed by atoms with E-state index in [1.807, 2.05) is 6.20 Å². The highest BCUT2D eigenvalue weighted by molar-refractivity contribution is 5.28. The maximum Gasteiger partial charge on any atom is 0.411 e. The molecular weight excluding hydrogens is 247 g/mol. The summed E-state index contributed by atoms with van der Waals surface area (Å²) in [5, 5.41) is 9.76. The van der Waals surface area contributed by atoms with Gasteiger partial charge in [-0.2, -0.15) is 13.2 Å². The van der Waals surface area contributed by atoms with Crippen molar-refractivity contribution in [3.8, 4) is 0 Å². The fourth-order valence-electron chi connectivity index (χ4n) is 2.21. The van der Waals surface area contributed by atoms with Gasteiger partial charge in [0.15, 0.2) is 0 Å². The normalized spacial score (nSPS) is 19.9. The summed E-state index contributed by atoms with van der Waals surface area (Å²) in [7, 11) is 0. The van der Waals surface area contributed by atoms with Gasteiger partial charge in [0.05, 0.1) is 12.7 Å². The molecule has 1 aliphatic rings. The van der Waals surface area contributed by atoms with Crippen molar-refractivity contribution in [3.63, 3.8) is 0 Å². The van der Waals surface area contributed by atoms with E-state index in [1.165, 1.54) is 0 Å². The van der Waals surface area contributed by atoms with Crippen molar-refractivity contribution >= 4 is 0 Å². The van der Waals surface area contributed by atoms with Crippen molar-refractivity contribution in [1.82, 2.24) is 4.57 Å². The van der Waals surface area contributed by atoms with E-state index in [0.29, 0.717) is 6.54 Å². The van der Waals surface area contributed by atoms with E-state index in [0.717, 1.165) is 30.4 Å². The van der Waals surface area contributed by atoms with Crippen molar-refractivity contribution < 1.29 is 23.0 Å². The number of fused-ring (bicyclic) bond motifs is 1. The first-order valence-electron chi connectivity index (χ1n) is 5.97. The van der Waals surface area contributed by atoms with Crippen LogP contribution < -0.4 is 0 Å². The zero-order valence-corrected chi connectivity index (χ0v) is 9.91. The van der Waals surface area contributed by atoms with Crippen LogP contribution in [0.15, 0.2) is 12.4 Å². The summed E-state index contributed by atoms with van der Waals surface area (Å²) in [6.45, 7) is -0.824. The smallest absolute Gasteiger partial charge is 0.388 e. The van der Waals surface area contributed by atoms with Gasteiger partial charge in [-0.1, -0.05) is 0 Å².